The summed E-state index contributed by atoms with van der Waals surface area (Å²) in [6, 6.07) is 5.55. The average Bonchev–Trinajstić information content (AvgIpc) is 2.39. The van der Waals surface area contributed by atoms with Crippen LogP contribution in [0.5, 0.6) is 0 Å². The van der Waals surface area contributed by atoms with Gasteiger partial charge < -0.3 is 16.0 Å². The largest absolute Gasteiger partial charge is 0.397 e. The molecule has 3 N–H and O–H groups in total. The molecular formula is C16H25N3O. The zero-order valence-corrected chi connectivity index (χ0v) is 12.5. The molecule has 0 radical (unpaired) electrons. The molecule has 1 amide bonds. The molecule has 20 heavy (non-hydrogen) atoms. The van der Waals surface area contributed by atoms with Crippen molar-refractivity contribution in [3.05, 3.63) is 23.8 Å². The number of nitrogens with zero attached hydrogens (tertiary/aromatic N) is 1. The van der Waals surface area contributed by atoms with E-state index < -0.39 is 0 Å². The number of anilines is 2. The van der Waals surface area contributed by atoms with E-state index in [1.165, 1.54) is 19.3 Å². The molecule has 1 saturated carbocycles. The first-order valence-electron chi connectivity index (χ1n) is 7.58. The summed E-state index contributed by atoms with van der Waals surface area (Å²) in [6.45, 7) is 6.65. The van der Waals surface area contributed by atoms with Gasteiger partial charge in [0.2, 0.25) is 0 Å². The van der Waals surface area contributed by atoms with Crippen molar-refractivity contribution in [3.63, 3.8) is 0 Å². The lowest BCUT2D eigenvalue weighted by atomic mass is 9.85. The van der Waals surface area contributed by atoms with Crippen LogP contribution in [0.15, 0.2) is 18.2 Å². The predicted octanol–water partition coefficient (Wildman–Crippen LogP) is 2.64. The quantitative estimate of drug-likeness (QED) is 0.785. The summed E-state index contributed by atoms with van der Waals surface area (Å²) in [5.74, 6) is 0.746. The molecule has 0 unspecified atom stereocenters. The first-order valence-corrected chi connectivity index (χ1v) is 7.58. The number of hydrogen-bond acceptors (Lipinski definition) is 3. The Labute approximate surface area is 121 Å². The number of carbonyl (C=O) groups is 1. The van der Waals surface area contributed by atoms with Crippen molar-refractivity contribution in [1.82, 2.24) is 5.32 Å². The molecule has 1 aromatic rings. The Balaban J connectivity index is 2.18. The minimum atomic E-state index is -0.0338. The van der Waals surface area contributed by atoms with E-state index >= 15 is 0 Å². The molecule has 2 rings (SSSR count). The average molecular weight is 275 g/mol. The summed E-state index contributed by atoms with van der Waals surface area (Å²) in [5, 5.41) is 2.83. The van der Waals surface area contributed by atoms with Gasteiger partial charge >= 0.3 is 0 Å². The Morgan fingerprint density at radius 1 is 1.40 bits per heavy atom. The van der Waals surface area contributed by atoms with Crippen LogP contribution in [0.1, 0.15) is 43.5 Å². The zero-order chi connectivity index (χ0) is 14.5. The number of nitrogens with one attached hydrogen (secondary N) is 1. The highest BCUT2D eigenvalue weighted by Gasteiger charge is 2.21. The van der Waals surface area contributed by atoms with Crippen LogP contribution in [0.25, 0.3) is 0 Å². The Morgan fingerprint density at radius 3 is 2.70 bits per heavy atom. The van der Waals surface area contributed by atoms with Crippen molar-refractivity contribution in [2.24, 2.45) is 5.92 Å². The number of nitrogen functional groups attached to an aromatic ring is 1. The van der Waals surface area contributed by atoms with Crippen LogP contribution in [0.2, 0.25) is 0 Å². The molecule has 0 spiro atoms. The topological polar surface area (TPSA) is 58.4 Å². The first-order chi connectivity index (χ1) is 9.65. The molecule has 0 heterocycles. The van der Waals surface area contributed by atoms with Gasteiger partial charge in [0.1, 0.15) is 0 Å². The Bertz CT molecular complexity index is 469. The second kappa shape index (κ2) is 6.64. The van der Waals surface area contributed by atoms with Gasteiger partial charge in [-0.1, -0.05) is 6.42 Å². The van der Waals surface area contributed by atoms with E-state index in [2.05, 4.69) is 17.1 Å². The van der Waals surface area contributed by atoms with Gasteiger partial charge in [-0.05, 0) is 50.8 Å². The highest BCUT2D eigenvalue weighted by Crippen LogP contribution is 2.31. The standard InChI is InChI=1S/C16H25N3O/c1-3-18-16(20)13-8-9-14(17)15(10-13)19(4-2)11-12-6-5-7-12/h8-10,12H,3-7,11,17H2,1-2H3,(H,18,20). The summed E-state index contributed by atoms with van der Waals surface area (Å²) in [7, 11) is 0. The molecule has 1 aromatic carbocycles. The third-order valence-electron chi connectivity index (χ3n) is 4.06. The molecule has 4 heteroatoms. The predicted molar refractivity (Wildman–Crippen MR) is 84.1 cm³/mol. The number of carbonyl (C=O) groups excluding carboxylic acids is 1. The molecule has 0 aromatic heterocycles. The third-order valence-corrected chi connectivity index (χ3v) is 4.06. The number of benzene rings is 1. The summed E-state index contributed by atoms with van der Waals surface area (Å²) in [5.41, 5.74) is 8.52. The second-order valence-corrected chi connectivity index (χ2v) is 5.47. The summed E-state index contributed by atoms with van der Waals surface area (Å²) >= 11 is 0. The number of hydrogen-bond donors (Lipinski definition) is 2. The lowest BCUT2D eigenvalue weighted by Gasteiger charge is -2.33. The molecule has 110 valence electrons. The van der Waals surface area contributed by atoms with Crippen molar-refractivity contribution >= 4 is 17.3 Å². The minimum absolute atomic E-state index is 0.0338. The number of amides is 1. The van der Waals surface area contributed by atoms with E-state index in [4.69, 9.17) is 5.73 Å². The molecule has 0 saturated heterocycles. The minimum Gasteiger partial charge on any atom is -0.397 e. The Kier molecular flexibility index (Phi) is 4.88. The van der Waals surface area contributed by atoms with Crippen LogP contribution in [-0.2, 0) is 0 Å². The molecule has 0 bridgehead atoms. The van der Waals surface area contributed by atoms with Crippen molar-refractivity contribution in [1.29, 1.82) is 0 Å². The van der Waals surface area contributed by atoms with Crippen LogP contribution in [0.3, 0.4) is 0 Å². The molecule has 4 nitrogen and oxygen atoms in total. The smallest absolute Gasteiger partial charge is 0.251 e. The molecule has 1 aliphatic rings. The van der Waals surface area contributed by atoms with Crippen molar-refractivity contribution in [2.75, 3.05) is 30.3 Å². The fourth-order valence-electron chi connectivity index (χ4n) is 2.61. The fraction of sp³-hybridized carbons (Fsp3) is 0.562. The number of nitrogens with two attached hydrogens (primary N) is 1. The Morgan fingerprint density at radius 2 is 2.15 bits per heavy atom. The third kappa shape index (κ3) is 3.24. The van der Waals surface area contributed by atoms with E-state index in [0.29, 0.717) is 12.1 Å². The maximum Gasteiger partial charge on any atom is 0.251 e. The van der Waals surface area contributed by atoms with E-state index in [0.717, 1.165) is 30.4 Å². The summed E-state index contributed by atoms with van der Waals surface area (Å²) in [6.07, 6.45) is 3.97. The van der Waals surface area contributed by atoms with Crippen molar-refractivity contribution in [3.8, 4) is 0 Å². The Hall–Kier alpha value is -1.71. The highest BCUT2D eigenvalue weighted by atomic mass is 16.1. The molecule has 0 atom stereocenters. The molecule has 1 aliphatic carbocycles. The maximum absolute atomic E-state index is 11.9. The molecule has 1 fully saturated rings. The van der Waals surface area contributed by atoms with Gasteiger partial charge in [0.25, 0.3) is 5.91 Å². The lowest BCUT2D eigenvalue weighted by Crippen LogP contribution is -2.33. The van der Waals surface area contributed by atoms with Crippen LogP contribution in [0.4, 0.5) is 11.4 Å². The highest BCUT2D eigenvalue weighted by molar-refractivity contribution is 5.96. The van der Waals surface area contributed by atoms with Crippen LogP contribution in [-0.4, -0.2) is 25.5 Å². The fourth-order valence-corrected chi connectivity index (χ4v) is 2.61. The van der Waals surface area contributed by atoms with Crippen LogP contribution in [0, 0.1) is 5.92 Å². The van der Waals surface area contributed by atoms with Gasteiger partial charge in [0, 0.05) is 25.2 Å². The van der Waals surface area contributed by atoms with E-state index in [9.17, 15) is 4.79 Å². The van der Waals surface area contributed by atoms with Gasteiger partial charge in [-0.2, -0.15) is 0 Å². The summed E-state index contributed by atoms with van der Waals surface area (Å²) < 4.78 is 0. The van der Waals surface area contributed by atoms with Crippen molar-refractivity contribution in [2.45, 2.75) is 33.1 Å². The zero-order valence-electron chi connectivity index (χ0n) is 12.5. The monoisotopic (exact) mass is 275 g/mol. The van der Waals surface area contributed by atoms with Gasteiger partial charge in [-0.15, -0.1) is 0 Å². The maximum atomic E-state index is 11.9. The van der Waals surface area contributed by atoms with Crippen molar-refractivity contribution < 1.29 is 4.79 Å². The normalized spacial score (nSPS) is 14.7. The van der Waals surface area contributed by atoms with Gasteiger partial charge in [-0.3, -0.25) is 4.79 Å². The summed E-state index contributed by atoms with van der Waals surface area (Å²) in [4.78, 5) is 14.2. The molecular weight excluding hydrogens is 250 g/mol. The van der Waals surface area contributed by atoms with Gasteiger partial charge in [0.05, 0.1) is 11.4 Å². The lowest BCUT2D eigenvalue weighted by molar-refractivity contribution is 0.0956. The number of rotatable bonds is 6. The molecule has 0 aliphatic heterocycles. The van der Waals surface area contributed by atoms with Gasteiger partial charge in [0.15, 0.2) is 0 Å². The SMILES string of the molecule is CCNC(=O)c1ccc(N)c(N(CC)CC2CCC2)c1. The van der Waals surface area contributed by atoms with E-state index in [-0.39, 0.29) is 5.91 Å². The van der Waals surface area contributed by atoms with Crippen LogP contribution >= 0.6 is 0 Å². The van der Waals surface area contributed by atoms with Crippen LogP contribution < -0.4 is 16.0 Å². The van der Waals surface area contributed by atoms with Gasteiger partial charge in [-0.25, -0.2) is 0 Å². The first kappa shape index (κ1) is 14.7. The van der Waals surface area contributed by atoms with E-state index in [1.54, 1.807) is 6.07 Å². The van der Waals surface area contributed by atoms with E-state index in [1.807, 2.05) is 19.1 Å². The second-order valence-electron chi connectivity index (χ2n) is 5.47.